The second kappa shape index (κ2) is 3.95. The smallest absolute Gasteiger partial charge is 0.205 e. The standard InChI is InChI=1S/C7H2BrF5O2S/c8-4-1-3(7(10,11)12)2-5(9)6(4)16(13,14)15/h1-2H. The molecule has 0 radical (unpaired) electrons. The molecule has 0 N–H and O–H groups in total. The van der Waals surface area contributed by atoms with Gasteiger partial charge in [0, 0.05) is 4.47 Å². The van der Waals surface area contributed by atoms with Crippen LogP contribution in [0.25, 0.3) is 0 Å². The molecule has 0 heterocycles. The fourth-order valence-electron chi connectivity index (χ4n) is 0.956. The Morgan fingerprint density at radius 1 is 1.19 bits per heavy atom. The number of alkyl halides is 3. The molecule has 90 valence electrons. The second-order valence-corrected chi connectivity index (χ2v) is 4.84. The fourth-order valence-corrected chi connectivity index (χ4v) is 2.56. The molecule has 1 aromatic rings. The Bertz CT molecular complexity index is 499. The van der Waals surface area contributed by atoms with Crippen LogP contribution in [-0.2, 0) is 16.4 Å². The lowest BCUT2D eigenvalue weighted by Gasteiger charge is -2.09. The van der Waals surface area contributed by atoms with Crippen LogP contribution in [0.1, 0.15) is 5.56 Å². The average Bonchev–Trinajstić information content (AvgIpc) is 1.97. The van der Waals surface area contributed by atoms with Crippen molar-refractivity contribution >= 4 is 26.2 Å². The molecule has 0 saturated carbocycles. The summed E-state index contributed by atoms with van der Waals surface area (Å²) in [5.74, 6) is -1.80. The van der Waals surface area contributed by atoms with Crippen LogP contribution in [0.2, 0.25) is 0 Å². The Hall–Kier alpha value is -0.700. The number of hydrogen-bond donors (Lipinski definition) is 0. The molecule has 16 heavy (non-hydrogen) atoms. The minimum Gasteiger partial charge on any atom is -0.205 e. The maximum atomic E-state index is 13.0. The number of hydrogen-bond acceptors (Lipinski definition) is 2. The molecule has 9 heteroatoms. The van der Waals surface area contributed by atoms with Gasteiger partial charge in [-0.25, -0.2) is 4.39 Å². The molecule has 1 rings (SSSR count). The topological polar surface area (TPSA) is 34.1 Å². The monoisotopic (exact) mass is 324 g/mol. The summed E-state index contributed by atoms with van der Waals surface area (Å²) >= 11 is 2.37. The third kappa shape index (κ3) is 2.70. The molecule has 0 bridgehead atoms. The van der Waals surface area contributed by atoms with Crippen molar-refractivity contribution in [1.82, 2.24) is 0 Å². The van der Waals surface area contributed by atoms with Crippen LogP contribution < -0.4 is 0 Å². The number of benzene rings is 1. The molecule has 1 aromatic carbocycles. The van der Waals surface area contributed by atoms with Gasteiger partial charge in [0.15, 0.2) is 0 Å². The van der Waals surface area contributed by atoms with Gasteiger partial charge in [-0.05, 0) is 28.1 Å². The first-order valence-electron chi connectivity index (χ1n) is 3.54. The third-order valence-corrected chi connectivity index (χ3v) is 3.36. The molecule has 0 saturated heterocycles. The molecule has 0 aromatic heterocycles. The Morgan fingerprint density at radius 3 is 2.00 bits per heavy atom. The van der Waals surface area contributed by atoms with Crippen LogP contribution in [0.3, 0.4) is 0 Å². The van der Waals surface area contributed by atoms with Gasteiger partial charge in [-0.2, -0.15) is 21.6 Å². The van der Waals surface area contributed by atoms with Gasteiger partial charge in [0.25, 0.3) is 0 Å². The van der Waals surface area contributed by atoms with Crippen molar-refractivity contribution < 1.29 is 29.9 Å². The van der Waals surface area contributed by atoms with Crippen molar-refractivity contribution in [2.24, 2.45) is 0 Å². The van der Waals surface area contributed by atoms with E-state index in [1.807, 2.05) is 0 Å². The van der Waals surface area contributed by atoms with E-state index in [4.69, 9.17) is 0 Å². The quantitative estimate of drug-likeness (QED) is 0.587. The number of halogens is 6. The van der Waals surface area contributed by atoms with E-state index in [1.165, 1.54) is 0 Å². The highest BCUT2D eigenvalue weighted by Crippen LogP contribution is 2.35. The van der Waals surface area contributed by atoms with Crippen LogP contribution in [0, 0.1) is 5.82 Å². The highest BCUT2D eigenvalue weighted by Gasteiger charge is 2.34. The first kappa shape index (κ1) is 13.4. The van der Waals surface area contributed by atoms with Gasteiger partial charge in [-0.15, -0.1) is 3.89 Å². The molecule has 0 aliphatic heterocycles. The van der Waals surface area contributed by atoms with Crippen LogP contribution in [0.15, 0.2) is 21.5 Å². The Kier molecular flexibility index (Phi) is 3.30. The summed E-state index contributed by atoms with van der Waals surface area (Å²) in [6, 6.07) is 0.201. The van der Waals surface area contributed by atoms with Crippen molar-refractivity contribution in [3.63, 3.8) is 0 Å². The summed E-state index contributed by atoms with van der Waals surface area (Å²) in [5, 5.41) is 0. The zero-order valence-corrected chi connectivity index (χ0v) is 9.55. The summed E-state index contributed by atoms with van der Waals surface area (Å²) in [7, 11) is -5.42. The lowest BCUT2D eigenvalue weighted by Crippen LogP contribution is -2.08. The fraction of sp³-hybridized carbons (Fsp3) is 0.143. The minimum atomic E-state index is -5.42. The van der Waals surface area contributed by atoms with Crippen molar-refractivity contribution in [2.45, 2.75) is 11.1 Å². The van der Waals surface area contributed by atoms with Crippen LogP contribution in [-0.4, -0.2) is 8.42 Å². The Morgan fingerprint density at radius 2 is 1.69 bits per heavy atom. The van der Waals surface area contributed by atoms with Gasteiger partial charge >= 0.3 is 16.4 Å². The molecule has 2 nitrogen and oxygen atoms in total. The van der Waals surface area contributed by atoms with E-state index >= 15 is 0 Å². The summed E-state index contributed by atoms with van der Waals surface area (Å²) < 4.78 is 81.9. The first-order valence-corrected chi connectivity index (χ1v) is 5.72. The molecular formula is C7H2BrF5O2S. The molecule has 0 amide bonds. The summed E-state index contributed by atoms with van der Waals surface area (Å²) in [6.45, 7) is 0. The SMILES string of the molecule is O=S(=O)(F)c1c(F)cc(C(F)(F)F)cc1Br. The Labute approximate surface area is 95.4 Å². The van der Waals surface area contributed by atoms with Crippen LogP contribution in [0.5, 0.6) is 0 Å². The maximum absolute atomic E-state index is 13.0. The van der Waals surface area contributed by atoms with Gasteiger partial charge in [-0.1, -0.05) is 0 Å². The van der Waals surface area contributed by atoms with E-state index in [2.05, 4.69) is 15.9 Å². The summed E-state index contributed by atoms with van der Waals surface area (Å²) in [6.07, 6.45) is -4.85. The second-order valence-electron chi connectivity index (χ2n) is 2.70. The van der Waals surface area contributed by atoms with Crippen LogP contribution >= 0.6 is 15.9 Å². The molecule has 0 fully saturated rings. The van der Waals surface area contributed by atoms with Gasteiger partial charge in [0.1, 0.15) is 10.7 Å². The predicted molar refractivity (Wildman–Crippen MR) is 47.4 cm³/mol. The lowest BCUT2D eigenvalue weighted by molar-refractivity contribution is -0.137. The predicted octanol–water partition coefficient (Wildman–Crippen LogP) is 3.27. The van der Waals surface area contributed by atoms with Crippen molar-refractivity contribution in [3.8, 4) is 0 Å². The first-order chi connectivity index (χ1) is 7.03. The van der Waals surface area contributed by atoms with E-state index in [0.717, 1.165) is 0 Å². The van der Waals surface area contributed by atoms with Crippen molar-refractivity contribution in [2.75, 3.05) is 0 Å². The summed E-state index contributed by atoms with van der Waals surface area (Å²) in [5.41, 5.74) is -1.41. The Balaban J connectivity index is 3.53. The lowest BCUT2D eigenvalue weighted by atomic mass is 10.2. The molecular weight excluding hydrogens is 323 g/mol. The van der Waals surface area contributed by atoms with Crippen LogP contribution in [0.4, 0.5) is 21.4 Å². The van der Waals surface area contributed by atoms with E-state index < -0.39 is 37.1 Å². The van der Waals surface area contributed by atoms with E-state index in [1.54, 1.807) is 0 Å². The van der Waals surface area contributed by atoms with Crippen molar-refractivity contribution in [1.29, 1.82) is 0 Å². The zero-order chi connectivity index (χ0) is 12.7. The normalized spacial score (nSPS) is 12.9. The van der Waals surface area contributed by atoms with Gasteiger partial charge in [-0.3, -0.25) is 0 Å². The largest absolute Gasteiger partial charge is 0.416 e. The van der Waals surface area contributed by atoms with E-state index in [-0.39, 0.29) is 12.1 Å². The minimum absolute atomic E-state index is 0.0861. The summed E-state index contributed by atoms with van der Waals surface area (Å²) in [4.78, 5) is -1.44. The maximum Gasteiger partial charge on any atom is 0.416 e. The highest BCUT2D eigenvalue weighted by atomic mass is 79.9. The van der Waals surface area contributed by atoms with E-state index in [0.29, 0.717) is 0 Å². The van der Waals surface area contributed by atoms with Crippen molar-refractivity contribution in [3.05, 3.63) is 28.0 Å². The third-order valence-electron chi connectivity index (χ3n) is 1.57. The number of rotatable bonds is 1. The molecule has 0 atom stereocenters. The molecule has 0 unspecified atom stereocenters. The average molecular weight is 325 g/mol. The molecule has 0 spiro atoms. The van der Waals surface area contributed by atoms with E-state index in [9.17, 15) is 29.9 Å². The molecule has 0 aliphatic carbocycles. The van der Waals surface area contributed by atoms with Gasteiger partial charge in [0.05, 0.1) is 5.56 Å². The molecule has 0 aliphatic rings. The van der Waals surface area contributed by atoms with Gasteiger partial charge < -0.3 is 0 Å². The highest BCUT2D eigenvalue weighted by molar-refractivity contribution is 9.10. The van der Waals surface area contributed by atoms with Gasteiger partial charge in [0.2, 0.25) is 0 Å². The zero-order valence-electron chi connectivity index (χ0n) is 7.15.